The van der Waals surface area contributed by atoms with Crippen LogP contribution in [-0.4, -0.2) is 25.3 Å². The molecule has 0 bridgehead atoms. The van der Waals surface area contributed by atoms with Crippen LogP contribution in [0.3, 0.4) is 0 Å². The number of rotatable bonds is 2. The summed E-state index contributed by atoms with van der Waals surface area (Å²) in [5.74, 6) is 0. The summed E-state index contributed by atoms with van der Waals surface area (Å²) in [6.45, 7) is 0.818. The quantitative estimate of drug-likeness (QED) is 0.888. The van der Waals surface area contributed by atoms with E-state index in [1.165, 1.54) is 4.90 Å². The van der Waals surface area contributed by atoms with Gasteiger partial charge in [-0.1, -0.05) is 17.7 Å². The summed E-state index contributed by atoms with van der Waals surface area (Å²) in [5.41, 5.74) is 6.18. The first kappa shape index (κ1) is 13.1. The normalized spacial score (nSPS) is 19.2. The summed E-state index contributed by atoms with van der Waals surface area (Å²) in [6.07, 6.45) is -0.593. The van der Waals surface area contributed by atoms with Gasteiger partial charge in [0.1, 0.15) is 6.10 Å². The van der Waals surface area contributed by atoms with Gasteiger partial charge in [-0.2, -0.15) is 0 Å². The highest BCUT2D eigenvalue weighted by atomic mass is 35.5. The fourth-order valence-corrected chi connectivity index (χ4v) is 1.68. The average molecular weight is 263 g/mol. The first-order valence-electron chi connectivity index (χ1n) is 4.64. The number of carbonyl (C=O) groups excluding carboxylic acids is 1. The van der Waals surface area contributed by atoms with E-state index in [0.717, 1.165) is 5.69 Å². The highest BCUT2D eigenvalue weighted by molar-refractivity contribution is 6.30. The Morgan fingerprint density at radius 1 is 1.56 bits per heavy atom. The van der Waals surface area contributed by atoms with Gasteiger partial charge >= 0.3 is 6.09 Å². The van der Waals surface area contributed by atoms with Crippen molar-refractivity contribution in [1.82, 2.24) is 0 Å². The van der Waals surface area contributed by atoms with Crippen molar-refractivity contribution in [2.24, 2.45) is 5.73 Å². The number of halogens is 2. The van der Waals surface area contributed by atoms with Gasteiger partial charge in [0.25, 0.3) is 0 Å². The molecule has 0 radical (unpaired) electrons. The number of ether oxygens (including phenoxy) is 1. The van der Waals surface area contributed by atoms with Gasteiger partial charge in [-0.25, -0.2) is 4.79 Å². The van der Waals surface area contributed by atoms with Crippen LogP contribution in [-0.2, 0) is 4.74 Å². The van der Waals surface area contributed by atoms with Gasteiger partial charge in [0.2, 0.25) is 0 Å². The van der Waals surface area contributed by atoms with Crippen LogP contribution in [0.15, 0.2) is 24.3 Å². The highest BCUT2D eigenvalue weighted by Gasteiger charge is 2.31. The minimum atomic E-state index is -0.368. The molecule has 1 aromatic rings. The van der Waals surface area contributed by atoms with Crippen LogP contribution in [0.25, 0.3) is 0 Å². The number of amides is 1. The second kappa shape index (κ2) is 5.39. The Morgan fingerprint density at radius 3 is 2.88 bits per heavy atom. The van der Waals surface area contributed by atoms with Crippen LogP contribution in [0.4, 0.5) is 10.5 Å². The van der Waals surface area contributed by atoms with E-state index in [9.17, 15) is 4.79 Å². The summed E-state index contributed by atoms with van der Waals surface area (Å²) in [5, 5.41) is 0.594. The molecule has 2 N–H and O–H groups in total. The maximum Gasteiger partial charge on any atom is 0.414 e. The third kappa shape index (κ3) is 2.58. The van der Waals surface area contributed by atoms with Crippen molar-refractivity contribution in [1.29, 1.82) is 0 Å². The minimum absolute atomic E-state index is 0. The first-order chi connectivity index (χ1) is 7.20. The number of benzene rings is 1. The predicted molar refractivity (Wildman–Crippen MR) is 65.4 cm³/mol. The van der Waals surface area contributed by atoms with Crippen LogP contribution in [0.5, 0.6) is 0 Å². The Bertz CT molecular complexity index is 387. The zero-order chi connectivity index (χ0) is 10.8. The third-order valence-electron chi connectivity index (χ3n) is 2.26. The van der Waals surface area contributed by atoms with E-state index in [1.807, 2.05) is 6.07 Å². The van der Waals surface area contributed by atoms with Gasteiger partial charge in [0.05, 0.1) is 6.54 Å². The Labute approximate surface area is 105 Å². The first-order valence-corrected chi connectivity index (χ1v) is 5.02. The molecule has 1 heterocycles. The maximum absolute atomic E-state index is 11.5. The van der Waals surface area contributed by atoms with Gasteiger partial charge in [-0.15, -0.1) is 12.4 Å². The largest absolute Gasteiger partial charge is 0.443 e. The molecule has 1 atom stereocenters. The standard InChI is InChI=1S/C10H11ClN2O2.ClH/c11-7-2-1-3-8(4-7)13-6-9(5-12)15-10(13)14;/h1-4,9H,5-6,12H2;1H. The van der Waals surface area contributed by atoms with Gasteiger partial charge in [0.15, 0.2) is 0 Å². The number of carbonyl (C=O) groups is 1. The van der Waals surface area contributed by atoms with Crippen molar-refractivity contribution in [3.05, 3.63) is 29.3 Å². The Hall–Kier alpha value is -0.970. The number of cyclic esters (lactones) is 1. The Kier molecular flexibility index (Phi) is 4.41. The lowest BCUT2D eigenvalue weighted by Crippen LogP contribution is -2.27. The molecule has 1 aromatic carbocycles. The summed E-state index contributed by atoms with van der Waals surface area (Å²) in [6, 6.07) is 7.08. The summed E-state index contributed by atoms with van der Waals surface area (Å²) in [4.78, 5) is 13.0. The van der Waals surface area contributed by atoms with Gasteiger partial charge < -0.3 is 10.5 Å². The third-order valence-corrected chi connectivity index (χ3v) is 2.49. The zero-order valence-electron chi connectivity index (χ0n) is 8.43. The van der Waals surface area contributed by atoms with Crippen LogP contribution in [0.2, 0.25) is 5.02 Å². The molecule has 4 nitrogen and oxygen atoms in total. The molecule has 1 aliphatic heterocycles. The van der Waals surface area contributed by atoms with Gasteiger partial charge in [0, 0.05) is 17.3 Å². The van der Waals surface area contributed by atoms with Crippen molar-refractivity contribution in [2.45, 2.75) is 6.10 Å². The second-order valence-electron chi connectivity index (χ2n) is 3.33. The van der Waals surface area contributed by atoms with Crippen molar-refractivity contribution in [2.75, 3.05) is 18.0 Å². The molecule has 1 unspecified atom stereocenters. The summed E-state index contributed by atoms with van der Waals surface area (Å²) in [7, 11) is 0. The number of nitrogens with zero attached hydrogens (tertiary/aromatic N) is 1. The number of hydrogen-bond donors (Lipinski definition) is 1. The number of hydrogen-bond acceptors (Lipinski definition) is 3. The molecule has 1 aliphatic rings. The number of anilines is 1. The van der Waals surface area contributed by atoms with Crippen molar-refractivity contribution in [3.63, 3.8) is 0 Å². The molecular weight excluding hydrogens is 251 g/mol. The van der Waals surface area contributed by atoms with Crippen molar-refractivity contribution in [3.8, 4) is 0 Å². The molecule has 1 amide bonds. The van der Waals surface area contributed by atoms with Crippen LogP contribution >= 0.6 is 24.0 Å². The Balaban J connectivity index is 0.00000128. The lowest BCUT2D eigenvalue weighted by atomic mass is 10.3. The fourth-order valence-electron chi connectivity index (χ4n) is 1.50. The molecule has 0 aromatic heterocycles. The SMILES string of the molecule is Cl.NCC1CN(c2cccc(Cl)c2)C(=O)O1. The van der Waals surface area contributed by atoms with Crippen molar-refractivity contribution < 1.29 is 9.53 Å². The smallest absolute Gasteiger partial charge is 0.414 e. The van der Waals surface area contributed by atoms with E-state index in [0.29, 0.717) is 18.1 Å². The summed E-state index contributed by atoms with van der Waals surface area (Å²) < 4.78 is 5.04. The molecule has 1 fully saturated rings. The van der Waals surface area contributed by atoms with Gasteiger partial charge in [-0.3, -0.25) is 4.90 Å². The lowest BCUT2D eigenvalue weighted by Gasteiger charge is -2.12. The second-order valence-corrected chi connectivity index (χ2v) is 3.77. The monoisotopic (exact) mass is 262 g/mol. The predicted octanol–water partition coefficient (Wildman–Crippen LogP) is 2.05. The van der Waals surface area contributed by atoms with Crippen LogP contribution in [0.1, 0.15) is 0 Å². The molecule has 0 aliphatic carbocycles. The van der Waals surface area contributed by atoms with E-state index in [1.54, 1.807) is 18.2 Å². The molecule has 88 valence electrons. The lowest BCUT2D eigenvalue weighted by molar-refractivity contribution is 0.145. The number of nitrogens with two attached hydrogens (primary N) is 1. The van der Waals surface area contributed by atoms with Crippen molar-refractivity contribution >= 4 is 35.8 Å². The molecule has 6 heteroatoms. The topological polar surface area (TPSA) is 55.6 Å². The molecule has 0 spiro atoms. The molecule has 1 saturated heterocycles. The minimum Gasteiger partial charge on any atom is -0.443 e. The zero-order valence-corrected chi connectivity index (χ0v) is 10.0. The van der Waals surface area contributed by atoms with Crippen LogP contribution < -0.4 is 10.6 Å². The van der Waals surface area contributed by atoms with E-state index < -0.39 is 0 Å². The maximum atomic E-state index is 11.5. The fraction of sp³-hybridized carbons (Fsp3) is 0.300. The van der Waals surface area contributed by atoms with E-state index in [4.69, 9.17) is 22.1 Å². The van der Waals surface area contributed by atoms with E-state index >= 15 is 0 Å². The molecule has 0 saturated carbocycles. The Morgan fingerprint density at radius 2 is 2.31 bits per heavy atom. The van der Waals surface area contributed by atoms with E-state index in [2.05, 4.69) is 0 Å². The summed E-state index contributed by atoms with van der Waals surface area (Å²) >= 11 is 5.84. The van der Waals surface area contributed by atoms with E-state index in [-0.39, 0.29) is 24.6 Å². The average Bonchev–Trinajstić information content (AvgIpc) is 2.60. The highest BCUT2D eigenvalue weighted by Crippen LogP contribution is 2.23. The molecular formula is C10H12Cl2N2O2. The molecule has 16 heavy (non-hydrogen) atoms. The molecule has 2 rings (SSSR count). The van der Waals surface area contributed by atoms with Crippen LogP contribution in [0, 0.1) is 0 Å². The van der Waals surface area contributed by atoms with Gasteiger partial charge in [-0.05, 0) is 18.2 Å².